The monoisotopic (exact) mass is 480 g/mol. The molecule has 0 bridgehead atoms. The van der Waals surface area contributed by atoms with Crippen LogP contribution in [-0.2, 0) is 6.54 Å². The zero-order valence-electron chi connectivity index (χ0n) is 17.3. The molecular formula is C23H14Cl2N4O4. The molecule has 0 saturated heterocycles. The van der Waals surface area contributed by atoms with Crippen molar-refractivity contribution < 1.29 is 14.7 Å². The Morgan fingerprint density at radius 2 is 1.64 bits per heavy atom. The van der Waals surface area contributed by atoms with E-state index in [0.29, 0.717) is 0 Å². The number of pyridine rings is 1. The number of aromatic nitrogens is 1. The first-order valence-corrected chi connectivity index (χ1v) is 10.5. The van der Waals surface area contributed by atoms with Crippen LogP contribution in [-0.4, -0.2) is 21.2 Å². The fourth-order valence-corrected chi connectivity index (χ4v) is 4.25. The highest BCUT2D eigenvalue weighted by Crippen LogP contribution is 2.40. The second-order valence-electron chi connectivity index (χ2n) is 7.17. The summed E-state index contributed by atoms with van der Waals surface area (Å²) in [7, 11) is 0. The maximum Gasteiger partial charge on any atom is 0.271 e. The largest absolute Gasteiger partial charge is 0.493 e. The molecule has 1 N–H and O–H groups in total. The van der Waals surface area contributed by atoms with Crippen molar-refractivity contribution in [1.29, 1.82) is 5.26 Å². The lowest BCUT2D eigenvalue weighted by atomic mass is 9.83. The molecule has 0 radical (unpaired) electrons. The summed E-state index contributed by atoms with van der Waals surface area (Å²) in [4.78, 5) is 38.7. The molecule has 0 saturated carbocycles. The van der Waals surface area contributed by atoms with Crippen molar-refractivity contribution in [2.45, 2.75) is 20.4 Å². The summed E-state index contributed by atoms with van der Waals surface area (Å²) in [5, 5.41) is 28.2. The second kappa shape index (κ2) is 8.28. The van der Waals surface area contributed by atoms with Crippen LogP contribution in [0.2, 0.25) is 10.0 Å². The minimum atomic E-state index is -0.644. The third-order valence-electron chi connectivity index (χ3n) is 5.41. The van der Waals surface area contributed by atoms with E-state index >= 15 is 0 Å². The van der Waals surface area contributed by atoms with Gasteiger partial charge in [-0.25, -0.2) is 0 Å². The van der Waals surface area contributed by atoms with Gasteiger partial charge in [0.15, 0.2) is 17.3 Å². The summed E-state index contributed by atoms with van der Waals surface area (Å²) < 4.78 is 0.993. The van der Waals surface area contributed by atoms with E-state index in [4.69, 9.17) is 23.2 Å². The highest BCUT2D eigenvalue weighted by atomic mass is 35.5. The molecule has 0 atom stereocenters. The minimum absolute atomic E-state index is 0.00983. The number of rotatable bonds is 3. The van der Waals surface area contributed by atoms with Crippen molar-refractivity contribution in [1.82, 2.24) is 4.57 Å². The van der Waals surface area contributed by atoms with E-state index in [1.807, 2.05) is 6.07 Å². The Hall–Kier alpha value is -3.80. The molecule has 0 amide bonds. The normalized spacial score (nSPS) is 12.6. The number of nitrogens with zero attached hydrogens (tertiary/aromatic N) is 4. The van der Waals surface area contributed by atoms with Gasteiger partial charge in [-0.2, -0.15) is 5.26 Å². The van der Waals surface area contributed by atoms with E-state index in [9.17, 15) is 24.8 Å². The summed E-state index contributed by atoms with van der Waals surface area (Å²) in [6.07, 6.45) is 0. The van der Waals surface area contributed by atoms with Gasteiger partial charge in [0.2, 0.25) is 5.88 Å². The maximum atomic E-state index is 13.3. The Bertz CT molecular complexity index is 1520. The lowest BCUT2D eigenvalue weighted by molar-refractivity contribution is 0.0979. The standard InChI is InChI=1S/C23H14Cl2N4O4/c1-3-29-22(32)12(9-26)10(2)19(23(29)33)28-27-15-6-4-5-11-16(15)21(31)18-14(25)8-7-13(24)17(18)20(11)30/h4-8,33H,3H2,1-2H3/b28-27+. The van der Waals surface area contributed by atoms with Crippen LogP contribution in [0.25, 0.3) is 0 Å². The molecule has 1 aliphatic carbocycles. The summed E-state index contributed by atoms with van der Waals surface area (Å²) in [6, 6.07) is 9.18. The molecule has 0 aliphatic heterocycles. The number of azo groups is 1. The van der Waals surface area contributed by atoms with E-state index in [-0.39, 0.29) is 61.3 Å². The van der Waals surface area contributed by atoms with Crippen LogP contribution < -0.4 is 5.56 Å². The molecule has 1 aliphatic rings. The van der Waals surface area contributed by atoms with Crippen LogP contribution in [0.3, 0.4) is 0 Å². The van der Waals surface area contributed by atoms with E-state index in [1.165, 1.54) is 37.3 Å². The average molecular weight is 481 g/mol. The smallest absolute Gasteiger partial charge is 0.271 e. The van der Waals surface area contributed by atoms with Gasteiger partial charge in [-0.3, -0.25) is 19.0 Å². The number of fused-ring (bicyclic) bond motifs is 2. The average Bonchev–Trinajstić information content (AvgIpc) is 2.79. The first-order chi connectivity index (χ1) is 15.7. The van der Waals surface area contributed by atoms with E-state index < -0.39 is 23.0 Å². The topological polar surface area (TPSA) is 125 Å². The number of nitriles is 1. The number of hydrogen-bond donors (Lipinski definition) is 1. The summed E-state index contributed by atoms with van der Waals surface area (Å²) in [6.45, 7) is 3.19. The van der Waals surface area contributed by atoms with Crippen LogP contribution in [0, 0.1) is 18.3 Å². The number of carbonyl (C=O) groups excluding carboxylic acids is 2. The maximum absolute atomic E-state index is 13.3. The second-order valence-corrected chi connectivity index (χ2v) is 7.98. The summed E-state index contributed by atoms with van der Waals surface area (Å²) in [5.41, 5.74) is -0.640. The third-order valence-corrected chi connectivity index (χ3v) is 6.04. The Morgan fingerprint density at radius 3 is 2.24 bits per heavy atom. The number of aromatic hydroxyl groups is 1. The van der Waals surface area contributed by atoms with Gasteiger partial charge in [-0.15, -0.1) is 10.2 Å². The van der Waals surface area contributed by atoms with Crippen molar-refractivity contribution in [2.75, 3.05) is 0 Å². The first-order valence-electron chi connectivity index (χ1n) is 9.71. The number of halogens is 2. The molecule has 10 heteroatoms. The fraction of sp³-hybridized carbons (Fsp3) is 0.130. The van der Waals surface area contributed by atoms with Crippen molar-refractivity contribution in [3.05, 3.63) is 84.1 Å². The van der Waals surface area contributed by atoms with E-state index in [2.05, 4.69) is 10.2 Å². The van der Waals surface area contributed by atoms with Gasteiger partial charge in [-0.05, 0) is 32.0 Å². The molecule has 8 nitrogen and oxygen atoms in total. The third kappa shape index (κ3) is 3.33. The molecule has 164 valence electrons. The predicted molar refractivity (Wildman–Crippen MR) is 121 cm³/mol. The van der Waals surface area contributed by atoms with Gasteiger partial charge in [0, 0.05) is 17.7 Å². The lowest BCUT2D eigenvalue weighted by Crippen LogP contribution is -2.23. The highest BCUT2D eigenvalue weighted by molar-refractivity contribution is 6.43. The number of carbonyl (C=O) groups is 2. The lowest BCUT2D eigenvalue weighted by Gasteiger charge is -2.20. The van der Waals surface area contributed by atoms with Gasteiger partial charge in [0.1, 0.15) is 11.6 Å². The molecule has 0 spiro atoms. The summed E-state index contributed by atoms with van der Waals surface area (Å²) >= 11 is 12.4. The molecule has 2 aromatic carbocycles. The molecule has 0 fully saturated rings. The van der Waals surface area contributed by atoms with Crippen LogP contribution >= 0.6 is 23.2 Å². The van der Waals surface area contributed by atoms with Gasteiger partial charge in [0.25, 0.3) is 5.56 Å². The molecule has 1 heterocycles. The first kappa shape index (κ1) is 22.4. The predicted octanol–water partition coefficient (Wildman–Crippen LogP) is 5.25. The molecule has 33 heavy (non-hydrogen) atoms. The molecule has 1 aromatic heterocycles. The fourth-order valence-electron chi connectivity index (χ4n) is 3.76. The van der Waals surface area contributed by atoms with Crippen LogP contribution in [0.4, 0.5) is 11.4 Å². The SMILES string of the molecule is CCn1c(O)c(/N=N/c2cccc3c2C(=O)c2c(Cl)ccc(Cl)c2C3=O)c(C)c(C#N)c1=O. The molecular weight excluding hydrogens is 467 g/mol. The number of hydrogen-bond acceptors (Lipinski definition) is 7. The van der Waals surface area contributed by atoms with E-state index in [1.54, 1.807) is 6.92 Å². The quantitative estimate of drug-likeness (QED) is 0.400. The van der Waals surface area contributed by atoms with Crippen molar-refractivity contribution in [3.8, 4) is 11.9 Å². The van der Waals surface area contributed by atoms with Crippen molar-refractivity contribution in [2.24, 2.45) is 10.2 Å². The minimum Gasteiger partial charge on any atom is -0.493 e. The number of benzene rings is 2. The Labute approximate surface area is 197 Å². The Morgan fingerprint density at radius 1 is 1.00 bits per heavy atom. The highest BCUT2D eigenvalue weighted by Gasteiger charge is 2.35. The van der Waals surface area contributed by atoms with Crippen molar-refractivity contribution in [3.63, 3.8) is 0 Å². The molecule has 0 unspecified atom stereocenters. The van der Waals surface area contributed by atoms with Gasteiger partial charge >= 0.3 is 0 Å². The summed E-state index contributed by atoms with van der Waals surface area (Å²) in [5.74, 6) is -1.48. The van der Waals surface area contributed by atoms with Crippen LogP contribution in [0.5, 0.6) is 5.88 Å². The van der Waals surface area contributed by atoms with Gasteiger partial charge in [-0.1, -0.05) is 35.3 Å². The van der Waals surface area contributed by atoms with Crippen LogP contribution in [0.1, 0.15) is 49.9 Å². The van der Waals surface area contributed by atoms with Gasteiger partial charge < -0.3 is 5.11 Å². The molecule has 3 aromatic rings. The van der Waals surface area contributed by atoms with Gasteiger partial charge in [0.05, 0.1) is 32.4 Å². The Balaban J connectivity index is 1.92. The molecule has 4 rings (SSSR count). The zero-order chi connectivity index (χ0) is 24.0. The van der Waals surface area contributed by atoms with Crippen molar-refractivity contribution >= 4 is 46.1 Å². The van der Waals surface area contributed by atoms with Crippen LogP contribution in [0.15, 0.2) is 45.4 Å². The Kier molecular flexibility index (Phi) is 5.62. The zero-order valence-corrected chi connectivity index (χ0v) is 18.8. The number of ketones is 2. The van der Waals surface area contributed by atoms with E-state index in [0.717, 1.165) is 4.57 Å².